The quantitative estimate of drug-likeness (QED) is 0.603. The van der Waals surface area contributed by atoms with Gasteiger partial charge < -0.3 is 5.32 Å². The third kappa shape index (κ3) is 3.27. The Balaban J connectivity index is 1.56. The lowest BCUT2D eigenvalue weighted by atomic mass is 10.1. The monoisotopic (exact) mass is 363 g/mol. The number of hydrogen-bond acceptors (Lipinski definition) is 4. The van der Waals surface area contributed by atoms with Crippen LogP contribution in [0.3, 0.4) is 0 Å². The summed E-state index contributed by atoms with van der Waals surface area (Å²) in [4.78, 5) is 16.8. The number of fused-ring (bicyclic) bond motifs is 1. The van der Waals surface area contributed by atoms with Crippen molar-refractivity contribution in [2.45, 2.75) is 6.54 Å². The highest BCUT2D eigenvalue weighted by Gasteiger charge is 2.11. The average Bonchev–Trinajstić information content (AvgIpc) is 3.10. The van der Waals surface area contributed by atoms with Gasteiger partial charge in [-0.3, -0.25) is 4.79 Å². The lowest BCUT2D eigenvalue weighted by molar-refractivity contribution is 0.0951. The third-order valence-electron chi connectivity index (χ3n) is 3.90. The van der Waals surface area contributed by atoms with Gasteiger partial charge in [0.2, 0.25) is 0 Å². The number of pyridine rings is 1. The molecule has 0 aliphatic carbocycles. The third-order valence-corrected chi connectivity index (χ3v) is 4.14. The van der Waals surface area contributed by atoms with Crippen molar-refractivity contribution in [2.24, 2.45) is 0 Å². The van der Waals surface area contributed by atoms with Gasteiger partial charge in [-0.25, -0.2) is 4.98 Å². The van der Waals surface area contributed by atoms with Crippen LogP contribution >= 0.6 is 11.6 Å². The summed E-state index contributed by atoms with van der Waals surface area (Å²) >= 11 is 5.97. The highest BCUT2D eigenvalue weighted by Crippen LogP contribution is 2.15. The van der Waals surface area contributed by atoms with Crippen LogP contribution in [0.4, 0.5) is 0 Å². The van der Waals surface area contributed by atoms with Gasteiger partial charge >= 0.3 is 0 Å². The van der Waals surface area contributed by atoms with Crippen LogP contribution in [0.25, 0.3) is 16.9 Å². The van der Waals surface area contributed by atoms with Gasteiger partial charge in [0.1, 0.15) is 5.52 Å². The van der Waals surface area contributed by atoms with Crippen LogP contribution in [0.5, 0.6) is 0 Å². The molecule has 0 aliphatic heterocycles. The minimum absolute atomic E-state index is 0.177. The molecule has 0 unspecified atom stereocenters. The molecule has 26 heavy (non-hydrogen) atoms. The van der Waals surface area contributed by atoms with E-state index < -0.39 is 0 Å². The smallest absolute Gasteiger partial charge is 0.251 e. The molecule has 1 amide bonds. The van der Waals surface area contributed by atoms with Crippen LogP contribution in [-0.2, 0) is 6.54 Å². The van der Waals surface area contributed by atoms with E-state index in [1.165, 1.54) is 0 Å². The first-order valence-electron chi connectivity index (χ1n) is 8.00. The molecular formula is C19H14ClN5O. The van der Waals surface area contributed by atoms with Crippen molar-refractivity contribution in [3.63, 3.8) is 0 Å². The Hall–Kier alpha value is -3.25. The predicted molar refractivity (Wildman–Crippen MR) is 99.3 cm³/mol. The summed E-state index contributed by atoms with van der Waals surface area (Å²) in [5.74, 6) is -0.177. The van der Waals surface area contributed by atoms with Gasteiger partial charge in [0.05, 0.1) is 5.69 Å². The number of carbonyl (C=O) groups excluding carboxylic acids is 1. The second-order valence-corrected chi connectivity index (χ2v) is 6.15. The summed E-state index contributed by atoms with van der Waals surface area (Å²) in [5.41, 5.74) is 3.53. The number of nitrogens with one attached hydrogen (secondary N) is 1. The number of halogens is 1. The van der Waals surface area contributed by atoms with Crippen LogP contribution < -0.4 is 5.32 Å². The fourth-order valence-electron chi connectivity index (χ4n) is 2.65. The molecule has 0 bridgehead atoms. The van der Waals surface area contributed by atoms with E-state index >= 15 is 0 Å². The molecule has 0 radical (unpaired) electrons. The first kappa shape index (κ1) is 16.2. The standard InChI is InChI=1S/C19H14ClN5O/c20-15-6-1-4-13(10-15)12-22-19(26)14-5-2-7-16(11-14)25-18-17(23-24-25)8-3-9-21-18/h1-11H,12H2,(H,22,26). The minimum atomic E-state index is -0.177. The highest BCUT2D eigenvalue weighted by atomic mass is 35.5. The second kappa shape index (κ2) is 6.93. The van der Waals surface area contributed by atoms with E-state index in [1.54, 1.807) is 41.2 Å². The zero-order valence-corrected chi connectivity index (χ0v) is 14.4. The number of amides is 1. The molecule has 4 rings (SSSR count). The van der Waals surface area contributed by atoms with Gasteiger partial charge in [-0.2, -0.15) is 4.68 Å². The van der Waals surface area contributed by atoms with Gasteiger partial charge in [-0.05, 0) is 48.0 Å². The Morgan fingerprint density at radius 2 is 1.96 bits per heavy atom. The van der Waals surface area contributed by atoms with Crippen LogP contribution in [0.15, 0.2) is 66.9 Å². The number of nitrogens with zero attached hydrogens (tertiary/aromatic N) is 4. The van der Waals surface area contributed by atoms with Crippen LogP contribution in [0.2, 0.25) is 5.02 Å². The fourth-order valence-corrected chi connectivity index (χ4v) is 2.86. The fraction of sp³-hybridized carbons (Fsp3) is 0.0526. The zero-order valence-electron chi connectivity index (χ0n) is 13.6. The molecule has 6 nitrogen and oxygen atoms in total. The molecule has 4 aromatic rings. The summed E-state index contributed by atoms with van der Waals surface area (Å²) in [5, 5.41) is 11.8. The first-order valence-corrected chi connectivity index (χ1v) is 8.38. The number of aromatic nitrogens is 4. The van der Waals surface area contributed by atoms with Crippen LogP contribution in [-0.4, -0.2) is 25.9 Å². The van der Waals surface area contributed by atoms with Gasteiger partial charge in [-0.15, -0.1) is 5.10 Å². The molecule has 7 heteroatoms. The Labute approximate surface area is 154 Å². The number of carbonyl (C=O) groups is 1. The van der Waals surface area contributed by atoms with E-state index in [0.29, 0.717) is 28.3 Å². The van der Waals surface area contributed by atoms with E-state index in [-0.39, 0.29) is 5.91 Å². The summed E-state index contributed by atoms with van der Waals surface area (Å²) in [6.07, 6.45) is 1.68. The maximum absolute atomic E-state index is 12.5. The van der Waals surface area contributed by atoms with Gasteiger partial charge in [0.25, 0.3) is 5.91 Å². The molecule has 0 saturated heterocycles. The Bertz CT molecular complexity index is 1090. The lowest BCUT2D eigenvalue weighted by Crippen LogP contribution is -2.22. The van der Waals surface area contributed by atoms with Crippen molar-refractivity contribution in [3.05, 3.63) is 83.0 Å². The van der Waals surface area contributed by atoms with Crippen LogP contribution in [0, 0.1) is 0 Å². The molecule has 1 N–H and O–H groups in total. The van der Waals surface area contributed by atoms with Crippen LogP contribution in [0.1, 0.15) is 15.9 Å². The zero-order chi connectivity index (χ0) is 17.9. The summed E-state index contributed by atoms with van der Waals surface area (Å²) in [7, 11) is 0. The van der Waals surface area contributed by atoms with Crippen molar-refractivity contribution in [1.82, 2.24) is 25.3 Å². The molecular weight excluding hydrogens is 350 g/mol. The summed E-state index contributed by atoms with van der Waals surface area (Å²) in [6.45, 7) is 0.400. The molecule has 0 aliphatic rings. The van der Waals surface area contributed by atoms with Crippen molar-refractivity contribution >= 4 is 28.7 Å². The predicted octanol–water partition coefficient (Wildman–Crippen LogP) is 3.40. The molecule has 0 fully saturated rings. The normalized spacial score (nSPS) is 10.8. The van der Waals surface area contributed by atoms with E-state index in [4.69, 9.17) is 11.6 Å². The highest BCUT2D eigenvalue weighted by molar-refractivity contribution is 6.30. The van der Waals surface area contributed by atoms with Crippen molar-refractivity contribution < 1.29 is 4.79 Å². The van der Waals surface area contributed by atoms with E-state index in [9.17, 15) is 4.79 Å². The van der Waals surface area contributed by atoms with E-state index in [2.05, 4.69) is 20.6 Å². The van der Waals surface area contributed by atoms with E-state index in [0.717, 1.165) is 11.3 Å². The molecule has 0 atom stereocenters. The molecule has 0 saturated carbocycles. The first-order chi connectivity index (χ1) is 12.7. The SMILES string of the molecule is O=C(NCc1cccc(Cl)c1)c1cccc(-n2nnc3cccnc32)c1. The Morgan fingerprint density at radius 3 is 2.85 bits per heavy atom. The lowest BCUT2D eigenvalue weighted by Gasteiger charge is -2.08. The average molecular weight is 364 g/mol. The number of hydrogen-bond donors (Lipinski definition) is 1. The molecule has 2 aromatic heterocycles. The topological polar surface area (TPSA) is 72.7 Å². The molecule has 2 aromatic carbocycles. The number of benzene rings is 2. The maximum atomic E-state index is 12.5. The Kier molecular flexibility index (Phi) is 4.33. The van der Waals surface area contributed by atoms with Crippen molar-refractivity contribution in [3.8, 4) is 5.69 Å². The van der Waals surface area contributed by atoms with Gasteiger partial charge in [0.15, 0.2) is 5.65 Å². The Morgan fingerprint density at radius 1 is 1.08 bits per heavy atom. The largest absolute Gasteiger partial charge is 0.348 e. The maximum Gasteiger partial charge on any atom is 0.251 e. The molecule has 128 valence electrons. The van der Waals surface area contributed by atoms with Gasteiger partial charge in [-0.1, -0.05) is 35.0 Å². The van der Waals surface area contributed by atoms with Gasteiger partial charge in [0, 0.05) is 23.3 Å². The minimum Gasteiger partial charge on any atom is -0.348 e. The van der Waals surface area contributed by atoms with Crippen molar-refractivity contribution in [1.29, 1.82) is 0 Å². The molecule has 2 heterocycles. The van der Waals surface area contributed by atoms with E-state index in [1.807, 2.05) is 30.3 Å². The summed E-state index contributed by atoms with van der Waals surface area (Å²) in [6, 6.07) is 18.2. The summed E-state index contributed by atoms with van der Waals surface area (Å²) < 4.78 is 1.61. The second-order valence-electron chi connectivity index (χ2n) is 5.71. The molecule has 0 spiro atoms. The van der Waals surface area contributed by atoms with Crippen molar-refractivity contribution in [2.75, 3.05) is 0 Å². The number of rotatable bonds is 4.